The Morgan fingerprint density at radius 3 is 2.42 bits per heavy atom. The van der Waals surface area contributed by atoms with Gasteiger partial charge in [-0.1, -0.05) is 25.7 Å². The lowest BCUT2D eigenvalue weighted by Crippen LogP contribution is -2.51. The fraction of sp³-hybridized carbons (Fsp3) is 0.680. The van der Waals surface area contributed by atoms with Crippen molar-refractivity contribution in [3.05, 3.63) is 23.3 Å². The van der Waals surface area contributed by atoms with Gasteiger partial charge in [-0.3, -0.25) is 4.79 Å². The molecule has 4 rings (SSSR count). The van der Waals surface area contributed by atoms with Gasteiger partial charge in [0.1, 0.15) is 35.5 Å². The maximum Gasteiger partial charge on any atom is 0.342 e. The smallest absolute Gasteiger partial charge is 0.342 e. The van der Waals surface area contributed by atoms with Crippen LogP contribution in [0.2, 0.25) is 0 Å². The molecule has 1 spiro atoms. The molecule has 182 valence electrons. The minimum absolute atomic E-state index is 0.0122. The second kappa shape index (κ2) is 10.7. The van der Waals surface area contributed by atoms with Gasteiger partial charge in [0.2, 0.25) is 5.91 Å². The van der Waals surface area contributed by atoms with Crippen LogP contribution in [0, 0.1) is 0 Å². The Kier molecular flexibility index (Phi) is 7.75. The molecule has 2 fully saturated rings. The van der Waals surface area contributed by atoms with Crippen molar-refractivity contribution in [2.24, 2.45) is 0 Å². The number of methoxy groups -OCH3 is 2. The number of piperidine rings is 1. The number of nitrogens with zero attached hydrogens (tertiary/aromatic N) is 1. The van der Waals surface area contributed by atoms with Crippen molar-refractivity contribution < 1.29 is 28.5 Å². The van der Waals surface area contributed by atoms with Gasteiger partial charge in [-0.15, -0.1) is 0 Å². The quantitative estimate of drug-likeness (QED) is 0.399. The summed E-state index contributed by atoms with van der Waals surface area (Å²) in [5.41, 5.74) is 1.02. The average Bonchev–Trinajstić information content (AvgIpc) is 3.35. The molecule has 33 heavy (non-hydrogen) atoms. The third kappa shape index (κ3) is 5.61. The molecule has 3 aliphatic heterocycles. The van der Waals surface area contributed by atoms with E-state index in [4.69, 9.17) is 18.9 Å². The van der Waals surface area contributed by atoms with E-state index in [2.05, 4.69) is 10.2 Å². The number of unbranched alkanes of at least 4 members (excludes halogenated alkanes) is 5. The van der Waals surface area contributed by atoms with Crippen molar-refractivity contribution in [1.29, 1.82) is 0 Å². The van der Waals surface area contributed by atoms with Gasteiger partial charge >= 0.3 is 5.97 Å². The Morgan fingerprint density at radius 2 is 1.76 bits per heavy atom. The summed E-state index contributed by atoms with van der Waals surface area (Å²) in [6.07, 6.45) is 9.37. The molecule has 0 bridgehead atoms. The third-order valence-electron chi connectivity index (χ3n) is 7.06. The molecule has 0 radical (unpaired) electrons. The number of esters is 1. The lowest BCUT2D eigenvalue weighted by molar-refractivity contribution is -0.119. The topological polar surface area (TPSA) is 86.3 Å². The van der Waals surface area contributed by atoms with Gasteiger partial charge in [-0.2, -0.15) is 0 Å². The fourth-order valence-corrected chi connectivity index (χ4v) is 5.14. The summed E-state index contributed by atoms with van der Waals surface area (Å²) in [5, 5.41) is 3.00. The molecule has 0 aliphatic carbocycles. The van der Waals surface area contributed by atoms with Crippen LogP contribution in [0.15, 0.2) is 12.1 Å². The van der Waals surface area contributed by atoms with Crippen LogP contribution < -0.4 is 14.8 Å². The summed E-state index contributed by atoms with van der Waals surface area (Å²) in [6, 6.07) is 3.62. The largest absolute Gasteiger partial charge is 0.497 e. The number of cyclic esters (lactones) is 1. The molecule has 1 aromatic rings. The number of carbonyl (C=O) groups is 2. The van der Waals surface area contributed by atoms with Crippen LogP contribution in [0.3, 0.4) is 0 Å². The first-order valence-electron chi connectivity index (χ1n) is 12.2. The number of rotatable bonds is 11. The monoisotopic (exact) mass is 460 g/mol. The maximum atomic E-state index is 12.3. The highest BCUT2D eigenvalue weighted by Gasteiger charge is 2.41. The molecule has 1 atom stereocenters. The molecule has 1 N–H and O–H groups in total. The highest BCUT2D eigenvalue weighted by Crippen LogP contribution is 2.41. The van der Waals surface area contributed by atoms with Crippen LogP contribution in [0.5, 0.6) is 11.5 Å². The van der Waals surface area contributed by atoms with Crippen molar-refractivity contribution in [3.63, 3.8) is 0 Å². The van der Waals surface area contributed by atoms with Crippen molar-refractivity contribution in [2.45, 2.75) is 69.6 Å². The Bertz CT molecular complexity index is 850. The molecular formula is C25H36N2O6. The predicted octanol–water partition coefficient (Wildman–Crippen LogP) is 3.58. The molecule has 1 amide bonds. The van der Waals surface area contributed by atoms with Crippen LogP contribution in [-0.4, -0.2) is 63.0 Å². The number of benzene rings is 1. The van der Waals surface area contributed by atoms with E-state index in [-0.39, 0.29) is 24.6 Å². The number of amides is 1. The summed E-state index contributed by atoms with van der Waals surface area (Å²) < 4.78 is 22.0. The SMILES string of the molecule is COc1cc(OC)c2c(c1)[C@@H](CCCCCCCCN1CCC3(CC1)NC(=O)CO3)OC2=O. The third-order valence-corrected chi connectivity index (χ3v) is 7.06. The second-order valence-corrected chi connectivity index (χ2v) is 9.27. The van der Waals surface area contributed by atoms with Crippen LogP contribution in [0.1, 0.15) is 79.8 Å². The summed E-state index contributed by atoms with van der Waals surface area (Å²) >= 11 is 0. The first kappa shape index (κ1) is 23.8. The Labute approximate surface area is 195 Å². The van der Waals surface area contributed by atoms with E-state index in [9.17, 15) is 9.59 Å². The summed E-state index contributed by atoms with van der Waals surface area (Å²) in [6.45, 7) is 3.29. The number of fused-ring (bicyclic) bond motifs is 1. The highest BCUT2D eigenvalue weighted by molar-refractivity contribution is 5.97. The average molecular weight is 461 g/mol. The van der Waals surface area contributed by atoms with Gasteiger partial charge < -0.3 is 29.2 Å². The van der Waals surface area contributed by atoms with Gasteiger partial charge in [0, 0.05) is 37.6 Å². The van der Waals surface area contributed by atoms with Gasteiger partial charge in [0.15, 0.2) is 0 Å². The van der Waals surface area contributed by atoms with Gasteiger partial charge in [0.05, 0.1) is 14.2 Å². The van der Waals surface area contributed by atoms with Gasteiger partial charge in [-0.05, 0) is 31.9 Å². The van der Waals surface area contributed by atoms with Crippen molar-refractivity contribution in [2.75, 3.05) is 40.5 Å². The second-order valence-electron chi connectivity index (χ2n) is 9.27. The zero-order valence-corrected chi connectivity index (χ0v) is 19.8. The molecule has 3 heterocycles. The maximum absolute atomic E-state index is 12.3. The number of nitrogens with one attached hydrogen (secondary N) is 1. The molecule has 3 aliphatic rings. The Balaban J connectivity index is 1.09. The lowest BCUT2D eigenvalue weighted by atomic mass is 9.98. The van der Waals surface area contributed by atoms with E-state index in [1.54, 1.807) is 20.3 Å². The van der Waals surface area contributed by atoms with E-state index >= 15 is 0 Å². The zero-order valence-electron chi connectivity index (χ0n) is 19.8. The van der Waals surface area contributed by atoms with E-state index in [0.29, 0.717) is 17.1 Å². The fourth-order valence-electron chi connectivity index (χ4n) is 5.14. The van der Waals surface area contributed by atoms with Crippen molar-refractivity contribution in [3.8, 4) is 11.5 Å². The molecule has 1 aromatic carbocycles. The zero-order chi connectivity index (χ0) is 23.3. The van der Waals surface area contributed by atoms with Crippen LogP contribution >= 0.6 is 0 Å². The standard InChI is InChI=1S/C25H36N2O6/c1-30-18-15-19-20(33-24(29)23(19)21(16-18)31-2)9-7-5-3-4-6-8-12-27-13-10-25(11-14-27)26-22(28)17-32-25/h15-16,20H,3-14,17H2,1-2H3,(H,26,28)/t20-/m1/s1. The minimum atomic E-state index is -0.391. The molecular weight excluding hydrogens is 424 g/mol. The minimum Gasteiger partial charge on any atom is -0.497 e. The van der Waals surface area contributed by atoms with Crippen LogP contribution in [0.4, 0.5) is 0 Å². The van der Waals surface area contributed by atoms with Crippen LogP contribution in [0.25, 0.3) is 0 Å². The van der Waals surface area contributed by atoms with Crippen LogP contribution in [-0.2, 0) is 14.3 Å². The van der Waals surface area contributed by atoms with Crippen molar-refractivity contribution >= 4 is 11.9 Å². The molecule has 2 saturated heterocycles. The molecule has 8 nitrogen and oxygen atoms in total. The number of carbonyl (C=O) groups excluding carboxylic acids is 2. The molecule has 0 aromatic heterocycles. The van der Waals surface area contributed by atoms with Gasteiger partial charge in [-0.25, -0.2) is 4.79 Å². The highest BCUT2D eigenvalue weighted by atomic mass is 16.6. The lowest BCUT2D eigenvalue weighted by Gasteiger charge is -2.38. The van der Waals surface area contributed by atoms with E-state index < -0.39 is 5.72 Å². The molecule has 8 heteroatoms. The first-order chi connectivity index (χ1) is 16.0. The van der Waals surface area contributed by atoms with E-state index in [1.165, 1.54) is 25.7 Å². The Hall–Kier alpha value is -2.32. The summed E-state index contributed by atoms with van der Waals surface area (Å²) in [7, 11) is 3.17. The Morgan fingerprint density at radius 1 is 1.03 bits per heavy atom. The predicted molar refractivity (Wildman–Crippen MR) is 123 cm³/mol. The summed E-state index contributed by atoms with van der Waals surface area (Å²) in [4.78, 5) is 26.2. The van der Waals surface area contributed by atoms with E-state index in [0.717, 1.165) is 57.3 Å². The number of hydrogen-bond acceptors (Lipinski definition) is 7. The number of ether oxygens (including phenoxy) is 4. The molecule has 0 saturated carbocycles. The normalized spacial score (nSPS) is 21.7. The van der Waals surface area contributed by atoms with E-state index in [1.807, 2.05) is 6.07 Å². The molecule has 0 unspecified atom stereocenters. The van der Waals surface area contributed by atoms with Crippen molar-refractivity contribution in [1.82, 2.24) is 10.2 Å². The number of likely N-dealkylation sites (tertiary alicyclic amines) is 1. The number of hydrogen-bond donors (Lipinski definition) is 1. The summed E-state index contributed by atoms with van der Waals surface area (Å²) in [5.74, 6) is 0.901. The first-order valence-corrected chi connectivity index (χ1v) is 12.2. The van der Waals surface area contributed by atoms with Gasteiger partial charge in [0.25, 0.3) is 0 Å².